The van der Waals surface area contributed by atoms with E-state index in [9.17, 15) is 9.59 Å². The molecule has 2 N–H and O–H groups in total. The molecule has 218 valence electrons. The highest BCUT2D eigenvalue weighted by Crippen LogP contribution is 2.44. The standard InChI is InChI=1S/C34H36N2O2S4/c1-3-5-7-9-11-21-17-27(39-19-21)23-13-15-25(41-23)31-29-30(34(38)35-31)32(36-33(29)37)26-16-14-24(42-26)28-18-22(20-40-28)12-10-8-6-4-2/h13-20H,3-12H2,1-2H3,(H,35,38)(H,36,37). The third-order valence-electron chi connectivity index (χ3n) is 7.82. The van der Waals surface area contributed by atoms with Gasteiger partial charge in [-0.15, -0.1) is 45.3 Å². The van der Waals surface area contributed by atoms with Crippen LogP contribution in [0, 0.1) is 0 Å². The summed E-state index contributed by atoms with van der Waals surface area (Å²) in [7, 11) is 0. The van der Waals surface area contributed by atoms with Crippen molar-refractivity contribution in [1.82, 2.24) is 10.6 Å². The van der Waals surface area contributed by atoms with Gasteiger partial charge in [-0.05, 0) is 84.0 Å². The molecule has 0 saturated heterocycles. The summed E-state index contributed by atoms with van der Waals surface area (Å²) in [6, 6.07) is 12.8. The molecule has 0 radical (unpaired) electrons. The Kier molecular flexibility index (Phi) is 9.24. The molecule has 4 nitrogen and oxygen atoms in total. The SMILES string of the molecule is CCCCCCc1csc(-c2ccc(C3=C4C(=O)NC(c5ccc(-c6cc(CCCCCC)cs6)s5)=C4C(=O)N3)s2)c1. The van der Waals surface area contributed by atoms with Crippen molar-refractivity contribution in [3.8, 4) is 19.5 Å². The molecule has 0 atom stereocenters. The van der Waals surface area contributed by atoms with Crippen molar-refractivity contribution in [3.63, 3.8) is 0 Å². The van der Waals surface area contributed by atoms with Crippen LogP contribution in [0.1, 0.15) is 86.1 Å². The number of aryl methyl sites for hydroxylation is 2. The van der Waals surface area contributed by atoms with Crippen molar-refractivity contribution in [2.24, 2.45) is 0 Å². The highest BCUT2D eigenvalue weighted by Gasteiger charge is 2.41. The van der Waals surface area contributed by atoms with Crippen LogP contribution in [0.2, 0.25) is 0 Å². The number of hydrogen-bond donors (Lipinski definition) is 2. The zero-order chi connectivity index (χ0) is 29.1. The smallest absolute Gasteiger partial charge is 0.258 e. The average Bonchev–Trinajstić information content (AvgIpc) is 3.82. The normalized spacial score (nSPS) is 14.7. The summed E-state index contributed by atoms with van der Waals surface area (Å²) in [5.41, 5.74) is 4.96. The van der Waals surface area contributed by atoms with E-state index < -0.39 is 0 Å². The predicted octanol–water partition coefficient (Wildman–Crippen LogP) is 9.89. The van der Waals surface area contributed by atoms with Gasteiger partial charge in [0.25, 0.3) is 11.8 Å². The largest absolute Gasteiger partial charge is 0.320 e. The highest BCUT2D eigenvalue weighted by molar-refractivity contribution is 7.22. The molecule has 6 rings (SSSR count). The minimum atomic E-state index is -0.214. The molecule has 4 aromatic heterocycles. The van der Waals surface area contributed by atoms with Crippen LogP contribution in [0.3, 0.4) is 0 Å². The van der Waals surface area contributed by atoms with E-state index in [1.165, 1.54) is 72.2 Å². The van der Waals surface area contributed by atoms with Crippen molar-refractivity contribution < 1.29 is 9.59 Å². The summed E-state index contributed by atoms with van der Waals surface area (Å²) in [5.74, 6) is -0.427. The maximum atomic E-state index is 13.2. The number of carbonyl (C=O) groups is 2. The molecule has 0 unspecified atom stereocenters. The highest BCUT2D eigenvalue weighted by atomic mass is 32.1. The van der Waals surface area contributed by atoms with Gasteiger partial charge in [0, 0.05) is 19.5 Å². The summed E-state index contributed by atoms with van der Waals surface area (Å²) in [4.78, 5) is 33.1. The van der Waals surface area contributed by atoms with Crippen LogP contribution in [0.4, 0.5) is 0 Å². The average molecular weight is 633 g/mol. The Hall–Kier alpha value is -2.78. The topological polar surface area (TPSA) is 58.2 Å². The van der Waals surface area contributed by atoms with Crippen LogP contribution in [0.5, 0.6) is 0 Å². The first-order valence-corrected chi connectivity index (χ1v) is 18.4. The van der Waals surface area contributed by atoms with Crippen molar-refractivity contribution in [2.45, 2.75) is 78.1 Å². The molecule has 0 saturated carbocycles. The van der Waals surface area contributed by atoms with Gasteiger partial charge in [-0.3, -0.25) is 9.59 Å². The first-order chi connectivity index (χ1) is 20.6. The second-order valence-corrected chi connectivity index (χ2v) is 15.0. The molecule has 2 aliphatic rings. The van der Waals surface area contributed by atoms with Gasteiger partial charge in [-0.25, -0.2) is 0 Å². The summed E-state index contributed by atoms with van der Waals surface area (Å²) >= 11 is 6.80. The molecule has 0 bridgehead atoms. The van der Waals surface area contributed by atoms with Crippen LogP contribution >= 0.6 is 45.3 Å². The Morgan fingerprint density at radius 3 is 1.40 bits per heavy atom. The van der Waals surface area contributed by atoms with E-state index in [-0.39, 0.29) is 11.8 Å². The van der Waals surface area contributed by atoms with Gasteiger partial charge in [0.15, 0.2) is 0 Å². The molecule has 2 aliphatic heterocycles. The minimum Gasteiger partial charge on any atom is -0.320 e. The number of rotatable bonds is 14. The van der Waals surface area contributed by atoms with Gasteiger partial charge < -0.3 is 10.6 Å². The van der Waals surface area contributed by atoms with E-state index in [4.69, 9.17) is 0 Å². The minimum absolute atomic E-state index is 0.214. The van der Waals surface area contributed by atoms with Crippen LogP contribution in [0.15, 0.2) is 58.3 Å². The fourth-order valence-corrected chi connectivity index (χ4v) is 9.67. The molecule has 6 heterocycles. The molecule has 0 spiro atoms. The van der Waals surface area contributed by atoms with Crippen LogP contribution in [-0.2, 0) is 22.4 Å². The van der Waals surface area contributed by atoms with Gasteiger partial charge in [-0.2, -0.15) is 0 Å². The summed E-state index contributed by atoms with van der Waals surface area (Å²) in [6.07, 6.45) is 12.3. The zero-order valence-electron chi connectivity index (χ0n) is 24.1. The fourth-order valence-electron chi connectivity index (χ4n) is 5.54. The Labute approximate surface area is 264 Å². The first-order valence-electron chi connectivity index (χ1n) is 15.0. The molecule has 42 heavy (non-hydrogen) atoms. The fraction of sp³-hybridized carbons (Fsp3) is 0.353. The van der Waals surface area contributed by atoms with E-state index >= 15 is 0 Å². The molecule has 4 aromatic rings. The van der Waals surface area contributed by atoms with Crippen molar-refractivity contribution in [1.29, 1.82) is 0 Å². The maximum absolute atomic E-state index is 13.2. The van der Waals surface area contributed by atoms with Gasteiger partial charge >= 0.3 is 0 Å². The number of hydrogen-bond acceptors (Lipinski definition) is 6. The van der Waals surface area contributed by atoms with Crippen molar-refractivity contribution in [2.75, 3.05) is 0 Å². The summed E-state index contributed by atoms with van der Waals surface area (Å²) < 4.78 is 0. The number of amides is 2. The van der Waals surface area contributed by atoms with E-state index in [1.54, 1.807) is 45.3 Å². The lowest BCUT2D eigenvalue weighted by Gasteiger charge is -2.04. The monoisotopic (exact) mass is 632 g/mol. The van der Waals surface area contributed by atoms with Gasteiger partial charge in [0.1, 0.15) is 0 Å². The lowest BCUT2D eigenvalue weighted by atomic mass is 10.1. The lowest BCUT2D eigenvalue weighted by Crippen LogP contribution is -2.20. The zero-order valence-corrected chi connectivity index (χ0v) is 27.4. The lowest BCUT2D eigenvalue weighted by molar-refractivity contribution is -0.117. The number of thiophene rings is 4. The van der Waals surface area contributed by atoms with Gasteiger partial charge in [0.05, 0.1) is 32.3 Å². The van der Waals surface area contributed by atoms with E-state index in [1.807, 2.05) is 12.1 Å². The quantitative estimate of drug-likeness (QED) is 0.136. The number of unbranched alkanes of at least 4 members (excludes halogenated alkanes) is 6. The summed E-state index contributed by atoms with van der Waals surface area (Å²) in [5, 5.41) is 10.6. The van der Waals surface area contributed by atoms with Gasteiger partial charge in [-0.1, -0.05) is 52.4 Å². The molecular formula is C34H36N2O2S4. The van der Waals surface area contributed by atoms with E-state index in [0.29, 0.717) is 22.5 Å². The third kappa shape index (κ3) is 6.13. The van der Waals surface area contributed by atoms with Crippen LogP contribution in [0.25, 0.3) is 30.9 Å². The number of carbonyl (C=O) groups excluding carboxylic acids is 2. The molecule has 0 aliphatic carbocycles. The second kappa shape index (κ2) is 13.2. The number of fused-ring (bicyclic) bond motifs is 1. The Morgan fingerprint density at radius 1 is 0.548 bits per heavy atom. The van der Waals surface area contributed by atoms with E-state index in [0.717, 1.165) is 32.4 Å². The van der Waals surface area contributed by atoms with Gasteiger partial charge in [0.2, 0.25) is 0 Å². The molecule has 0 fully saturated rings. The van der Waals surface area contributed by atoms with Crippen LogP contribution in [-0.4, -0.2) is 11.8 Å². The van der Waals surface area contributed by atoms with Crippen LogP contribution < -0.4 is 10.6 Å². The molecule has 2 amide bonds. The maximum Gasteiger partial charge on any atom is 0.258 e. The number of nitrogens with one attached hydrogen (secondary N) is 2. The Balaban J connectivity index is 1.20. The van der Waals surface area contributed by atoms with Crippen molar-refractivity contribution in [3.05, 3.63) is 79.2 Å². The third-order valence-corrected chi connectivity index (χ3v) is 12.4. The molecule has 8 heteroatoms. The predicted molar refractivity (Wildman–Crippen MR) is 181 cm³/mol. The Bertz CT molecular complexity index is 1540. The Morgan fingerprint density at radius 2 is 0.976 bits per heavy atom. The molecule has 0 aromatic carbocycles. The first kappa shape index (κ1) is 29.3. The molecular weight excluding hydrogens is 597 g/mol. The second-order valence-electron chi connectivity index (χ2n) is 11.0. The van der Waals surface area contributed by atoms with Crippen molar-refractivity contribution >= 4 is 68.6 Å². The summed E-state index contributed by atoms with van der Waals surface area (Å²) in [6.45, 7) is 4.48. The van der Waals surface area contributed by atoms with E-state index in [2.05, 4.69) is 59.5 Å².